The average Bonchev–Trinajstić information content (AvgIpc) is 2.63. The molecular formula is C21H27NO4. The van der Waals surface area contributed by atoms with Gasteiger partial charge in [0.15, 0.2) is 17.6 Å². The number of hydrogen-bond acceptors (Lipinski definition) is 4. The fourth-order valence-electron chi connectivity index (χ4n) is 2.69. The summed E-state index contributed by atoms with van der Waals surface area (Å²) in [5.74, 6) is 1.97. The number of rotatable bonds is 8. The number of carbonyl (C=O) groups excluding carboxylic acids is 1. The molecule has 2 rings (SSSR count). The molecule has 0 radical (unpaired) electrons. The standard InChI is InChI=1S/C21H27NO4/c1-14-6-8-18(15(2)12-14)26-16(3)21(23)22-11-10-17-7-9-19(24-4)20(13-17)25-5/h6-9,12-13,16H,10-11H2,1-5H3,(H,22,23)/t16-/m1/s1. The molecule has 5 nitrogen and oxygen atoms in total. The molecule has 0 bridgehead atoms. The summed E-state index contributed by atoms with van der Waals surface area (Å²) in [5.41, 5.74) is 3.25. The van der Waals surface area contributed by atoms with Gasteiger partial charge < -0.3 is 19.5 Å². The number of ether oxygens (including phenoxy) is 3. The van der Waals surface area contributed by atoms with E-state index in [1.165, 1.54) is 5.56 Å². The van der Waals surface area contributed by atoms with Crippen molar-refractivity contribution in [3.8, 4) is 17.2 Å². The van der Waals surface area contributed by atoms with Crippen molar-refractivity contribution in [2.45, 2.75) is 33.3 Å². The summed E-state index contributed by atoms with van der Waals surface area (Å²) in [5, 5.41) is 2.91. The number of carbonyl (C=O) groups is 1. The van der Waals surface area contributed by atoms with Crippen LogP contribution in [0.2, 0.25) is 0 Å². The molecular weight excluding hydrogens is 330 g/mol. The zero-order valence-electron chi connectivity index (χ0n) is 16.1. The second-order valence-electron chi connectivity index (χ2n) is 6.26. The van der Waals surface area contributed by atoms with Crippen LogP contribution in [-0.2, 0) is 11.2 Å². The largest absolute Gasteiger partial charge is 0.493 e. The van der Waals surface area contributed by atoms with Gasteiger partial charge in [-0.25, -0.2) is 0 Å². The van der Waals surface area contributed by atoms with Crippen LogP contribution in [0.1, 0.15) is 23.6 Å². The number of aryl methyl sites for hydroxylation is 2. The van der Waals surface area contributed by atoms with Crippen LogP contribution in [0.25, 0.3) is 0 Å². The van der Waals surface area contributed by atoms with E-state index in [9.17, 15) is 4.79 Å². The molecule has 2 aromatic rings. The first kappa shape index (κ1) is 19.6. The molecule has 0 saturated carbocycles. The summed E-state index contributed by atoms with van der Waals surface area (Å²) in [6.07, 6.45) is 0.143. The maximum Gasteiger partial charge on any atom is 0.260 e. The van der Waals surface area contributed by atoms with E-state index < -0.39 is 6.10 Å². The van der Waals surface area contributed by atoms with Crippen LogP contribution >= 0.6 is 0 Å². The van der Waals surface area contributed by atoms with Crippen LogP contribution in [-0.4, -0.2) is 32.8 Å². The van der Waals surface area contributed by atoms with Gasteiger partial charge in [-0.1, -0.05) is 23.8 Å². The van der Waals surface area contributed by atoms with E-state index in [4.69, 9.17) is 14.2 Å². The van der Waals surface area contributed by atoms with E-state index in [0.717, 1.165) is 16.9 Å². The minimum Gasteiger partial charge on any atom is -0.493 e. The Kier molecular flexibility index (Phi) is 6.89. The van der Waals surface area contributed by atoms with Gasteiger partial charge in [0.25, 0.3) is 5.91 Å². The number of methoxy groups -OCH3 is 2. The van der Waals surface area contributed by atoms with Crippen LogP contribution < -0.4 is 19.5 Å². The molecule has 2 aromatic carbocycles. The van der Waals surface area contributed by atoms with Crippen molar-refractivity contribution in [3.05, 3.63) is 53.1 Å². The lowest BCUT2D eigenvalue weighted by atomic mass is 10.1. The van der Waals surface area contributed by atoms with Crippen molar-refractivity contribution in [1.82, 2.24) is 5.32 Å². The van der Waals surface area contributed by atoms with E-state index in [2.05, 4.69) is 5.32 Å². The molecule has 1 atom stereocenters. The molecule has 5 heteroatoms. The third kappa shape index (κ3) is 5.15. The topological polar surface area (TPSA) is 56.8 Å². The molecule has 0 saturated heterocycles. The lowest BCUT2D eigenvalue weighted by Gasteiger charge is -2.16. The number of amides is 1. The zero-order chi connectivity index (χ0) is 19.1. The fourth-order valence-corrected chi connectivity index (χ4v) is 2.69. The van der Waals surface area contributed by atoms with E-state index in [1.54, 1.807) is 21.1 Å². The summed E-state index contributed by atoms with van der Waals surface area (Å²) < 4.78 is 16.3. The van der Waals surface area contributed by atoms with Gasteiger partial charge in [0, 0.05) is 6.54 Å². The molecule has 0 aliphatic heterocycles. The smallest absolute Gasteiger partial charge is 0.260 e. The third-order valence-electron chi connectivity index (χ3n) is 4.16. The van der Waals surface area contributed by atoms with Gasteiger partial charge in [-0.15, -0.1) is 0 Å². The van der Waals surface area contributed by atoms with Crippen LogP contribution in [0.3, 0.4) is 0 Å². The van der Waals surface area contributed by atoms with Crippen LogP contribution in [0.5, 0.6) is 17.2 Å². The average molecular weight is 357 g/mol. The highest BCUT2D eigenvalue weighted by molar-refractivity contribution is 5.80. The molecule has 140 valence electrons. The fraction of sp³-hybridized carbons (Fsp3) is 0.381. The SMILES string of the molecule is COc1ccc(CCNC(=O)[C@@H](C)Oc2ccc(C)cc2C)cc1OC. The van der Waals surface area contributed by atoms with Gasteiger partial charge in [-0.3, -0.25) is 4.79 Å². The Bertz CT molecular complexity index is 758. The highest BCUT2D eigenvalue weighted by atomic mass is 16.5. The summed E-state index contributed by atoms with van der Waals surface area (Å²) >= 11 is 0. The highest BCUT2D eigenvalue weighted by Gasteiger charge is 2.15. The molecule has 0 heterocycles. The lowest BCUT2D eigenvalue weighted by molar-refractivity contribution is -0.127. The third-order valence-corrected chi connectivity index (χ3v) is 4.16. The predicted molar refractivity (Wildman–Crippen MR) is 102 cm³/mol. The maximum absolute atomic E-state index is 12.3. The summed E-state index contributed by atoms with van der Waals surface area (Å²) in [6.45, 7) is 6.28. The van der Waals surface area contributed by atoms with Gasteiger partial charge in [0.05, 0.1) is 14.2 Å². The second-order valence-corrected chi connectivity index (χ2v) is 6.26. The molecule has 0 aromatic heterocycles. The van der Waals surface area contributed by atoms with Crippen molar-refractivity contribution in [2.24, 2.45) is 0 Å². The Morgan fingerprint density at radius 3 is 2.35 bits per heavy atom. The molecule has 1 amide bonds. The Hall–Kier alpha value is -2.69. The van der Waals surface area contributed by atoms with Gasteiger partial charge in [0.2, 0.25) is 0 Å². The van der Waals surface area contributed by atoms with E-state index >= 15 is 0 Å². The van der Waals surface area contributed by atoms with Crippen LogP contribution in [0.15, 0.2) is 36.4 Å². The van der Waals surface area contributed by atoms with Gasteiger partial charge in [-0.05, 0) is 56.5 Å². The van der Waals surface area contributed by atoms with Crippen molar-refractivity contribution in [3.63, 3.8) is 0 Å². The summed E-state index contributed by atoms with van der Waals surface area (Å²) in [7, 11) is 3.21. The Morgan fingerprint density at radius 2 is 1.69 bits per heavy atom. The van der Waals surface area contributed by atoms with E-state index in [0.29, 0.717) is 24.5 Å². The van der Waals surface area contributed by atoms with Gasteiger partial charge >= 0.3 is 0 Å². The van der Waals surface area contributed by atoms with Crippen molar-refractivity contribution in [2.75, 3.05) is 20.8 Å². The minimum atomic E-state index is -0.554. The normalized spacial score (nSPS) is 11.6. The van der Waals surface area contributed by atoms with E-state index in [-0.39, 0.29) is 5.91 Å². The van der Waals surface area contributed by atoms with Crippen molar-refractivity contribution in [1.29, 1.82) is 0 Å². The van der Waals surface area contributed by atoms with E-state index in [1.807, 2.05) is 50.2 Å². The van der Waals surface area contributed by atoms with Crippen molar-refractivity contribution < 1.29 is 19.0 Å². The van der Waals surface area contributed by atoms with Gasteiger partial charge in [-0.2, -0.15) is 0 Å². The monoisotopic (exact) mass is 357 g/mol. The van der Waals surface area contributed by atoms with Gasteiger partial charge in [0.1, 0.15) is 5.75 Å². The Balaban J connectivity index is 1.86. The molecule has 0 unspecified atom stereocenters. The Labute approximate surface area is 155 Å². The maximum atomic E-state index is 12.3. The summed E-state index contributed by atoms with van der Waals surface area (Å²) in [4.78, 5) is 12.3. The lowest BCUT2D eigenvalue weighted by Crippen LogP contribution is -2.37. The van der Waals surface area contributed by atoms with Crippen LogP contribution in [0, 0.1) is 13.8 Å². The zero-order valence-corrected chi connectivity index (χ0v) is 16.1. The first-order valence-corrected chi connectivity index (χ1v) is 8.67. The van der Waals surface area contributed by atoms with Crippen LogP contribution in [0.4, 0.5) is 0 Å². The number of benzene rings is 2. The molecule has 0 spiro atoms. The quantitative estimate of drug-likeness (QED) is 0.786. The molecule has 0 aliphatic rings. The number of nitrogens with one attached hydrogen (secondary N) is 1. The summed E-state index contributed by atoms with van der Waals surface area (Å²) in [6, 6.07) is 11.7. The molecule has 0 fully saturated rings. The predicted octanol–water partition coefficient (Wildman–Crippen LogP) is 3.45. The first-order valence-electron chi connectivity index (χ1n) is 8.67. The van der Waals surface area contributed by atoms with Crippen molar-refractivity contribution >= 4 is 5.91 Å². The molecule has 1 N–H and O–H groups in total. The Morgan fingerprint density at radius 1 is 1.00 bits per heavy atom. The first-order chi connectivity index (χ1) is 12.4. The second kappa shape index (κ2) is 9.13. The minimum absolute atomic E-state index is 0.134. The molecule has 0 aliphatic carbocycles. The highest BCUT2D eigenvalue weighted by Crippen LogP contribution is 2.27. The number of hydrogen-bond donors (Lipinski definition) is 1. The molecule has 26 heavy (non-hydrogen) atoms.